The fourth-order valence-electron chi connectivity index (χ4n) is 1.57. The number of hydrogen-bond donors (Lipinski definition) is 0. The van der Waals surface area contributed by atoms with Crippen molar-refractivity contribution in [1.82, 2.24) is 4.90 Å². The highest BCUT2D eigenvalue weighted by Gasteiger charge is 2.34. The van der Waals surface area contributed by atoms with Gasteiger partial charge in [-0.2, -0.15) is 0 Å². The van der Waals surface area contributed by atoms with Gasteiger partial charge < -0.3 is 9.47 Å². The molecular weight excluding hydrogens is 222 g/mol. The van der Waals surface area contributed by atoms with Gasteiger partial charge in [0.25, 0.3) is 0 Å². The van der Waals surface area contributed by atoms with Gasteiger partial charge in [0.1, 0.15) is 5.60 Å². The zero-order valence-corrected chi connectivity index (χ0v) is 10.6. The number of ether oxygens (including phenoxy) is 2. The van der Waals surface area contributed by atoms with E-state index in [1.165, 1.54) is 4.90 Å². The number of esters is 1. The van der Waals surface area contributed by atoms with E-state index in [1.54, 1.807) is 20.8 Å². The molecule has 1 aliphatic heterocycles. The molecule has 0 bridgehead atoms. The van der Waals surface area contributed by atoms with E-state index >= 15 is 0 Å². The molecule has 0 aliphatic carbocycles. The second kappa shape index (κ2) is 5.21. The third-order valence-electron chi connectivity index (χ3n) is 2.24. The molecule has 1 amide bonds. The summed E-state index contributed by atoms with van der Waals surface area (Å²) in [5.41, 5.74) is -0.549. The van der Waals surface area contributed by atoms with Crippen LogP contribution < -0.4 is 0 Å². The number of hydrogen-bond acceptors (Lipinski definition) is 4. The van der Waals surface area contributed by atoms with Crippen LogP contribution in [0.25, 0.3) is 0 Å². The molecule has 0 radical (unpaired) electrons. The Kier molecular flexibility index (Phi) is 4.15. The maximum atomic E-state index is 11.8. The highest BCUT2D eigenvalue weighted by atomic mass is 16.6. The Hall–Kier alpha value is -1.52. The Labute approximate surface area is 101 Å². The van der Waals surface area contributed by atoms with E-state index in [1.807, 2.05) is 0 Å². The van der Waals surface area contributed by atoms with Crippen molar-refractivity contribution in [2.45, 2.75) is 45.4 Å². The van der Waals surface area contributed by atoms with Gasteiger partial charge in [-0.3, -0.25) is 4.90 Å². The van der Waals surface area contributed by atoms with Gasteiger partial charge in [0.05, 0.1) is 0 Å². The molecule has 1 rings (SSSR count). The van der Waals surface area contributed by atoms with Crippen LogP contribution in [0.2, 0.25) is 0 Å². The van der Waals surface area contributed by atoms with Gasteiger partial charge >= 0.3 is 12.1 Å². The number of rotatable bonds is 2. The lowest BCUT2D eigenvalue weighted by molar-refractivity contribution is -0.149. The molecule has 1 heterocycles. The third-order valence-corrected chi connectivity index (χ3v) is 2.24. The van der Waals surface area contributed by atoms with Gasteiger partial charge in [-0.15, -0.1) is 0 Å². The first-order valence-electron chi connectivity index (χ1n) is 5.66. The first-order valence-corrected chi connectivity index (χ1v) is 5.66. The number of carbonyl (C=O) groups is 2. The van der Waals surface area contributed by atoms with Crippen molar-refractivity contribution >= 4 is 12.1 Å². The average Bonchev–Trinajstić information content (AvgIpc) is 2.63. The average molecular weight is 241 g/mol. The van der Waals surface area contributed by atoms with Crippen molar-refractivity contribution in [3.63, 3.8) is 0 Å². The summed E-state index contributed by atoms with van der Waals surface area (Å²) in [5.74, 6) is -0.523. The van der Waals surface area contributed by atoms with Crippen LogP contribution in [0.4, 0.5) is 4.79 Å². The summed E-state index contributed by atoms with van der Waals surface area (Å²) < 4.78 is 10.3. The molecular formula is C12H19NO4. The standard InChI is InChI=1S/C12H19NO4/c1-5-10(14)16-9-7-6-8-13(9)11(15)17-12(2,3)4/h5,9H,1,6-8H2,2-4H3. The van der Waals surface area contributed by atoms with Gasteiger partial charge in [0.2, 0.25) is 0 Å². The summed E-state index contributed by atoms with van der Waals surface area (Å²) in [6, 6.07) is 0. The fraction of sp³-hybridized carbons (Fsp3) is 0.667. The molecule has 0 aromatic heterocycles. The second-order valence-electron chi connectivity index (χ2n) is 4.91. The lowest BCUT2D eigenvalue weighted by Crippen LogP contribution is -2.41. The van der Waals surface area contributed by atoms with Crippen LogP contribution in [0.15, 0.2) is 12.7 Å². The molecule has 0 spiro atoms. The molecule has 1 atom stereocenters. The van der Waals surface area contributed by atoms with Crippen LogP contribution in [0.3, 0.4) is 0 Å². The minimum atomic E-state index is -0.549. The van der Waals surface area contributed by atoms with E-state index in [9.17, 15) is 9.59 Å². The second-order valence-corrected chi connectivity index (χ2v) is 4.91. The van der Waals surface area contributed by atoms with Gasteiger partial charge in [-0.05, 0) is 27.2 Å². The third kappa shape index (κ3) is 4.09. The first-order chi connectivity index (χ1) is 7.83. The maximum absolute atomic E-state index is 11.8. The summed E-state index contributed by atoms with van der Waals surface area (Å²) >= 11 is 0. The molecule has 1 aliphatic rings. The molecule has 1 fully saturated rings. The van der Waals surface area contributed by atoms with Crippen molar-refractivity contribution in [2.24, 2.45) is 0 Å². The normalized spacial score (nSPS) is 19.9. The monoisotopic (exact) mass is 241 g/mol. The highest BCUT2D eigenvalue weighted by molar-refractivity contribution is 5.81. The van der Waals surface area contributed by atoms with E-state index in [0.717, 1.165) is 12.5 Å². The molecule has 0 N–H and O–H groups in total. The molecule has 0 saturated carbocycles. The van der Waals surface area contributed by atoms with Crippen molar-refractivity contribution in [2.75, 3.05) is 6.54 Å². The molecule has 96 valence electrons. The van der Waals surface area contributed by atoms with Crippen molar-refractivity contribution < 1.29 is 19.1 Å². The van der Waals surface area contributed by atoms with E-state index < -0.39 is 23.9 Å². The van der Waals surface area contributed by atoms with E-state index in [4.69, 9.17) is 9.47 Å². The van der Waals surface area contributed by atoms with Gasteiger partial charge in [0.15, 0.2) is 6.23 Å². The van der Waals surface area contributed by atoms with Gasteiger partial charge in [-0.1, -0.05) is 6.58 Å². The number of carbonyl (C=O) groups excluding carboxylic acids is 2. The molecule has 0 aromatic carbocycles. The van der Waals surface area contributed by atoms with E-state index in [-0.39, 0.29) is 0 Å². The lowest BCUT2D eigenvalue weighted by atomic mass is 10.2. The molecule has 1 unspecified atom stereocenters. The lowest BCUT2D eigenvalue weighted by Gasteiger charge is -2.27. The number of likely N-dealkylation sites (tertiary alicyclic amines) is 1. The van der Waals surface area contributed by atoms with Crippen LogP contribution >= 0.6 is 0 Å². The number of amides is 1. The Morgan fingerprint density at radius 2 is 2.06 bits per heavy atom. The largest absolute Gasteiger partial charge is 0.444 e. The Bertz CT molecular complexity index is 319. The van der Waals surface area contributed by atoms with Crippen LogP contribution in [0.1, 0.15) is 33.6 Å². The van der Waals surface area contributed by atoms with Crippen LogP contribution in [0.5, 0.6) is 0 Å². The maximum Gasteiger partial charge on any atom is 0.413 e. The quantitative estimate of drug-likeness (QED) is 0.548. The van der Waals surface area contributed by atoms with E-state index in [2.05, 4.69) is 6.58 Å². The van der Waals surface area contributed by atoms with Gasteiger partial charge in [-0.25, -0.2) is 9.59 Å². The van der Waals surface area contributed by atoms with Crippen LogP contribution in [0, 0.1) is 0 Å². The van der Waals surface area contributed by atoms with Crippen LogP contribution in [-0.4, -0.2) is 35.3 Å². The molecule has 1 saturated heterocycles. The SMILES string of the molecule is C=CC(=O)OC1CCCN1C(=O)OC(C)(C)C. The van der Waals surface area contributed by atoms with Crippen molar-refractivity contribution in [3.8, 4) is 0 Å². The summed E-state index contributed by atoms with van der Waals surface area (Å²) in [5, 5.41) is 0. The Morgan fingerprint density at radius 1 is 1.41 bits per heavy atom. The highest BCUT2D eigenvalue weighted by Crippen LogP contribution is 2.21. The van der Waals surface area contributed by atoms with Crippen LogP contribution in [-0.2, 0) is 14.3 Å². The zero-order chi connectivity index (χ0) is 13.1. The molecule has 0 aromatic rings. The topological polar surface area (TPSA) is 55.8 Å². The Morgan fingerprint density at radius 3 is 2.59 bits per heavy atom. The summed E-state index contributed by atoms with van der Waals surface area (Å²) in [7, 11) is 0. The first kappa shape index (κ1) is 13.5. The minimum Gasteiger partial charge on any atom is -0.444 e. The minimum absolute atomic E-state index is 0.447. The van der Waals surface area contributed by atoms with Crippen molar-refractivity contribution in [1.29, 1.82) is 0 Å². The molecule has 17 heavy (non-hydrogen) atoms. The molecule has 5 nitrogen and oxygen atoms in total. The predicted molar refractivity (Wildman–Crippen MR) is 62.3 cm³/mol. The van der Waals surface area contributed by atoms with Crippen molar-refractivity contribution in [3.05, 3.63) is 12.7 Å². The summed E-state index contributed by atoms with van der Waals surface area (Å²) in [4.78, 5) is 24.4. The zero-order valence-electron chi connectivity index (χ0n) is 10.6. The van der Waals surface area contributed by atoms with E-state index in [0.29, 0.717) is 13.0 Å². The Balaban J connectivity index is 2.59. The summed E-state index contributed by atoms with van der Waals surface area (Å²) in [6.45, 7) is 9.26. The predicted octanol–water partition coefficient (Wildman–Crippen LogP) is 2.07. The molecule has 5 heteroatoms. The fourth-order valence-corrected chi connectivity index (χ4v) is 1.57. The van der Waals surface area contributed by atoms with Gasteiger partial charge in [0, 0.05) is 19.0 Å². The number of nitrogens with zero attached hydrogens (tertiary/aromatic N) is 1. The summed E-state index contributed by atoms with van der Waals surface area (Å²) in [6.07, 6.45) is 1.55. The smallest absolute Gasteiger partial charge is 0.413 e.